The summed E-state index contributed by atoms with van der Waals surface area (Å²) in [6.45, 7) is 11.5. The van der Waals surface area contributed by atoms with E-state index in [0.717, 1.165) is 13.0 Å². The fourth-order valence-corrected chi connectivity index (χ4v) is 2.46. The third-order valence-electron chi connectivity index (χ3n) is 2.98. The second-order valence-electron chi connectivity index (χ2n) is 5.74. The van der Waals surface area contributed by atoms with Crippen LogP contribution in [0.2, 0.25) is 0 Å². The highest BCUT2D eigenvalue weighted by atomic mass is 16.5. The van der Waals surface area contributed by atoms with Crippen LogP contribution in [0.3, 0.4) is 0 Å². The molecule has 1 heterocycles. The molecule has 0 bridgehead atoms. The van der Waals surface area contributed by atoms with Crippen molar-refractivity contribution in [1.82, 2.24) is 5.32 Å². The minimum Gasteiger partial charge on any atom is -0.383 e. The van der Waals surface area contributed by atoms with E-state index in [-0.39, 0.29) is 11.2 Å². The third-order valence-corrected chi connectivity index (χ3v) is 2.98. The van der Waals surface area contributed by atoms with Crippen molar-refractivity contribution in [2.75, 3.05) is 13.7 Å². The Balaban J connectivity index is 2.55. The minimum atomic E-state index is -0.0918. The predicted molar refractivity (Wildman–Crippen MR) is 62.1 cm³/mol. The molecule has 0 aromatic heterocycles. The molecule has 3 nitrogen and oxygen atoms in total. The summed E-state index contributed by atoms with van der Waals surface area (Å²) >= 11 is 0. The van der Waals surface area contributed by atoms with Crippen molar-refractivity contribution in [2.45, 2.75) is 64.3 Å². The molecule has 1 fully saturated rings. The molecule has 15 heavy (non-hydrogen) atoms. The summed E-state index contributed by atoms with van der Waals surface area (Å²) in [5, 5.41) is 3.58. The second-order valence-corrected chi connectivity index (χ2v) is 5.74. The first-order chi connectivity index (χ1) is 6.77. The fraction of sp³-hybridized carbons (Fsp3) is 1.00. The van der Waals surface area contributed by atoms with Gasteiger partial charge in [0.15, 0.2) is 0 Å². The van der Waals surface area contributed by atoms with E-state index < -0.39 is 0 Å². The van der Waals surface area contributed by atoms with E-state index in [1.54, 1.807) is 7.11 Å². The molecule has 3 heteroatoms. The van der Waals surface area contributed by atoms with Gasteiger partial charge in [0.25, 0.3) is 0 Å². The molecule has 1 N–H and O–H groups in total. The average Bonchev–Trinajstić information content (AvgIpc) is 2.19. The van der Waals surface area contributed by atoms with Crippen molar-refractivity contribution >= 4 is 0 Å². The summed E-state index contributed by atoms with van der Waals surface area (Å²) in [5.74, 6) is 0. The maximum atomic E-state index is 6.02. The van der Waals surface area contributed by atoms with Crippen molar-refractivity contribution < 1.29 is 9.47 Å². The summed E-state index contributed by atoms with van der Waals surface area (Å²) < 4.78 is 11.2. The summed E-state index contributed by atoms with van der Waals surface area (Å²) in [6, 6.07) is 0.773. The molecule has 0 saturated carbocycles. The van der Waals surface area contributed by atoms with Gasteiger partial charge < -0.3 is 14.8 Å². The van der Waals surface area contributed by atoms with E-state index in [1.165, 1.54) is 0 Å². The fourth-order valence-electron chi connectivity index (χ4n) is 2.46. The van der Waals surface area contributed by atoms with Crippen LogP contribution in [0.5, 0.6) is 0 Å². The molecule has 1 aliphatic rings. The first kappa shape index (κ1) is 12.9. The summed E-state index contributed by atoms with van der Waals surface area (Å²) in [7, 11) is 1.73. The number of hydrogen-bond acceptors (Lipinski definition) is 3. The van der Waals surface area contributed by atoms with E-state index >= 15 is 0 Å². The molecule has 0 spiro atoms. The van der Waals surface area contributed by atoms with Crippen LogP contribution in [-0.2, 0) is 9.47 Å². The standard InChI is InChI=1S/C12H25NO2/c1-9(8-14-6)13-10-7-11(2,3)15-12(10,4)5/h9-10,13H,7-8H2,1-6H3/t9-,10+/m1/s1. The molecule has 0 aliphatic carbocycles. The van der Waals surface area contributed by atoms with E-state index in [1.807, 2.05) is 0 Å². The zero-order valence-electron chi connectivity index (χ0n) is 10.9. The number of hydrogen-bond donors (Lipinski definition) is 1. The Hall–Kier alpha value is -0.120. The molecule has 2 atom stereocenters. The van der Waals surface area contributed by atoms with Crippen LogP contribution < -0.4 is 5.32 Å². The van der Waals surface area contributed by atoms with Gasteiger partial charge in [0.1, 0.15) is 0 Å². The highest BCUT2D eigenvalue weighted by molar-refractivity contribution is 4.99. The third kappa shape index (κ3) is 3.44. The van der Waals surface area contributed by atoms with E-state index in [4.69, 9.17) is 9.47 Å². The lowest BCUT2D eigenvalue weighted by Crippen LogP contribution is -2.48. The van der Waals surface area contributed by atoms with Crippen LogP contribution in [0.4, 0.5) is 0 Å². The molecule has 0 aromatic rings. The maximum Gasteiger partial charge on any atom is 0.0787 e. The number of nitrogens with one attached hydrogen (secondary N) is 1. The smallest absolute Gasteiger partial charge is 0.0787 e. The number of ether oxygens (including phenoxy) is 2. The lowest BCUT2D eigenvalue weighted by atomic mass is 9.94. The van der Waals surface area contributed by atoms with Crippen molar-refractivity contribution in [1.29, 1.82) is 0 Å². The molecule has 0 aromatic carbocycles. The Morgan fingerprint density at radius 2 is 2.00 bits per heavy atom. The Morgan fingerprint density at radius 3 is 2.40 bits per heavy atom. The molecule has 0 amide bonds. The molecule has 1 rings (SSSR count). The summed E-state index contributed by atoms with van der Waals surface area (Å²) in [6.07, 6.45) is 1.05. The first-order valence-electron chi connectivity index (χ1n) is 5.72. The van der Waals surface area contributed by atoms with Crippen LogP contribution in [0.15, 0.2) is 0 Å². The monoisotopic (exact) mass is 215 g/mol. The largest absolute Gasteiger partial charge is 0.383 e. The van der Waals surface area contributed by atoms with E-state index in [2.05, 4.69) is 39.9 Å². The Morgan fingerprint density at radius 1 is 1.40 bits per heavy atom. The highest BCUT2D eigenvalue weighted by Gasteiger charge is 2.45. The van der Waals surface area contributed by atoms with Crippen molar-refractivity contribution in [3.63, 3.8) is 0 Å². The van der Waals surface area contributed by atoms with Gasteiger partial charge in [-0.25, -0.2) is 0 Å². The predicted octanol–water partition coefficient (Wildman–Crippen LogP) is 1.96. The molecular weight excluding hydrogens is 190 g/mol. The van der Waals surface area contributed by atoms with Gasteiger partial charge in [0, 0.05) is 19.2 Å². The number of rotatable bonds is 4. The van der Waals surface area contributed by atoms with Crippen LogP contribution in [-0.4, -0.2) is 37.0 Å². The lowest BCUT2D eigenvalue weighted by Gasteiger charge is -2.29. The molecule has 0 unspecified atom stereocenters. The Bertz CT molecular complexity index is 214. The van der Waals surface area contributed by atoms with Gasteiger partial charge in [-0.1, -0.05) is 0 Å². The number of methoxy groups -OCH3 is 1. The van der Waals surface area contributed by atoms with Crippen molar-refractivity contribution in [3.05, 3.63) is 0 Å². The molecule has 90 valence electrons. The molecule has 0 radical (unpaired) electrons. The summed E-state index contributed by atoms with van der Waals surface area (Å²) in [4.78, 5) is 0. The second kappa shape index (κ2) is 4.40. The SMILES string of the molecule is COC[C@@H](C)N[C@H]1CC(C)(C)OC1(C)C. The normalized spacial score (nSPS) is 30.4. The maximum absolute atomic E-state index is 6.02. The van der Waals surface area contributed by atoms with Crippen LogP contribution in [0, 0.1) is 0 Å². The molecule has 1 saturated heterocycles. The Labute approximate surface area is 93.5 Å². The molecular formula is C12H25NO2. The van der Waals surface area contributed by atoms with Crippen LogP contribution in [0.1, 0.15) is 41.0 Å². The quantitative estimate of drug-likeness (QED) is 0.777. The van der Waals surface area contributed by atoms with E-state index in [0.29, 0.717) is 12.1 Å². The van der Waals surface area contributed by atoms with Crippen molar-refractivity contribution in [2.24, 2.45) is 0 Å². The van der Waals surface area contributed by atoms with Crippen LogP contribution >= 0.6 is 0 Å². The van der Waals surface area contributed by atoms with Gasteiger partial charge in [-0.05, 0) is 41.0 Å². The average molecular weight is 215 g/mol. The zero-order valence-corrected chi connectivity index (χ0v) is 10.9. The topological polar surface area (TPSA) is 30.5 Å². The lowest BCUT2D eigenvalue weighted by molar-refractivity contribution is -0.0707. The van der Waals surface area contributed by atoms with Crippen LogP contribution in [0.25, 0.3) is 0 Å². The Kier molecular flexibility index (Phi) is 3.80. The zero-order chi connectivity index (χ0) is 11.7. The van der Waals surface area contributed by atoms with Gasteiger partial charge in [-0.15, -0.1) is 0 Å². The van der Waals surface area contributed by atoms with Gasteiger partial charge in [-0.2, -0.15) is 0 Å². The van der Waals surface area contributed by atoms with Gasteiger partial charge >= 0.3 is 0 Å². The minimum absolute atomic E-state index is 0.0199. The highest BCUT2D eigenvalue weighted by Crippen LogP contribution is 2.37. The molecule has 1 aliphatic heterocycles. The van der Waals surface area contributed by atoms with E-state index in [9.17, 15) is 0 Å². The van der Waals surface area contributed by atoms with Gasteiger partial charge in [-0.3, -0.25) is 0 Å². The first-order valence-corrected chi connectivity index (χ1v) is 5.72. The van der Waals surface area contributed by atoms with Gasteiger partial charge in [0.05, 0.1) is 17.8 Å². The van der Waals surface area contributed by atoms with Crippen molar-refractivity contribution in [3.8, 4) is 0 Å². The van der Waals surface area contributed by atoms with Gasteiger partial charge in [0.2, 0.25) is 0 Å². The summed E-state index contributed by atoms with van der Waals surface area (Å²) in [5.41, 5.74) is -0.112.